The smallest absolute Gasteiger partial charge is 0.237 e. The van der Waals surface area contributed by atoms with Gasteiger partial charge in [0.2, 0.25) is 5.91 Å². The number of carbonyl (C=O) groups is 1. The molecule has 0 aliphatic carbocycles. The molecule has 3 N–H and O–H groups in total. The van der Waals surface area contributed by atoms with Gasteiger partial charge in [-0.05, 0) is 31.5 Å². The van der Waals surface area contributed by atoms with Gasteiger partial charge in [0.05, 0.1) is 12.1 Å². The largest absolute Gasteiger partial charge is 0.348 e. The van der Waals surface area contributed by atoms with Gasteiger partial charge in [-0.15, -0.1) is 0 Å². The summed E-state index contributed by atoms with van der Waals surface area (Å²) in [6, 6.07) is 1.94. The summed E-state index contributed by atoms with van der Waals surface area (Å²) in [5, 5.41) is 2.60. The number of nitrogens with one attached hydrogen (secondary N) is 1. The summed E-state index contributed by atoms with van der Waals surface area (Å²) in [5.74, 6) is -1.42. The Hall–Kier alpha value is -1.49. The monoisotopic (exact) mass is 270 g/mol. The second kappa shape index (κ2) is 7.19. The number of halogens is 2. The molecule has 3 nitrogen and oxygen atoms in total. The molecular formula is C14H20F2N2O. The van der Waals surface area contributed by atoms with Crippen molar-refractivity contribution in [3.05, 3.63) is 35.4 Å². The number of amides is 1. The molecule has 1 aromatic rings. The summed E-state index contributed by atoms with van der Waals surface area (Å²) in [4.78, 5) is 11.8. The maximum Gasteiger partial charge on any atom is 0.237 e. The van der Waals surface area contributed by atoms with Crippen LogP contribution in [0.2, 0.25) is 0 Å². The van der Waals surface area contributed by atoms with E-state index in [1.165, 1.54) is 0 Å². The molecule has 5 heteroatoms. The van der Waals surface area contributed by atoms with Crippen LogP contribution in [0.4, 0.5) is 8.78 Å². The van der Waals surface area contributed by atoms with Crippen molar-refractivity contribution in [1.29, 1.82) is 0 Å². The molecule has 0 saturated heterocycles. The van der Waals surface area contributed by atoms with Crippen LogP contribution < -0.4 is 11.1 Å². The quantitative estimate of drug-likeness (QED) is 0.835. The highest BCUT2D eigenvalue weighted by atomic mass is 19.1. The topological polar surface area (TPSA) is 55.1 Å². The first-order valence-corrected chi connectivity index (χ1v) is 6.46. The molecule has 19 heavy (non-hydrogen) atoms. The van der Waals surface area contributed by atoms with E-state index in [4.69, 9.17) is 5.73 Å². The van der Waals surface area contributed by atoms with Gasteiger partial charge in [0.15, 0.2) is 0 Å². The summed E-state index contributed by atoms with van der Waals surface area (Å²) >= 11 is 0. The summed E-state index contributed by atoms with van der Waals surface area (Å²) in [5.41, 5.74) is 5.84. The van der Waals surface area contributed by atoms with Crippen LogP contribution in [-0.4, -0.2) is 11.9 Å². The third-order valence-corrected chi connectivity index (χ3v) is 2.99. The van der Waals surface area contributed by atoms with Gasteiger partial charge in [-0.1, -0.05) is 19.8 Å². The third kappa shape index (κ3) is 4.59. The molecule has 0 bridgehead atoms. The van der Waals surface area contributed by atoms with E-state index >= 15 is 0 Å². The summed E-state index contributed by atoms with van der Waals surface area (Å²) in [6.07, 6.45) is 2.40. The lowest BCUT2D eigenvalue weighted by atomic mass is 10.1. The maximum atomic E-state index is 13.5. The van der Waals surface area contributed by atoms with Crippen LogP contribution in [0.5, 0.6) is 0 Å². The van der Waals surface area contributed by atoms with Crippen LogP contribution in [0, 0.1) is 11.6 Å². The number of hydrogen-bond donors (Lipinski definition) is 2. The Morgan fingerprint density at radius 1 is 1.42 bits per heavy atom. The number of carbonyl (C=O) groups excluding carboxylic acids is 1. The Labute approximate surface area is 112 Å². The van der Waals surface area contributed by atoms with Crippen molar-refractivity contribution in [1.82, 2.24) is 5.32 Å². The van der Waals surface area contributed by atoms with Gasteiger partial charge < -0.3 is 11.1 Å². The van der Waals surface area contributed by atoms with Crippen LogP contribution in [0.1, 0.15) is 44.7 Å². The molecule has 0 aliphatic heterocycles. The molecule has 0 saturated carbocycles. The van der Waals surface area contributed by atoms with Crippen LogP contribution in [0.3, 0.4) is 0 Å². The van der Waals surface area contributed by atoms with Gasteiger partial charge in [0, 0.05) is 5.56 Å². The number of hydrogen-bond acceptors (Lipinski definition) is 2. The first-order valence-electron chi connectivity index (χ1n) is 6.46. The van der Waals surface area contributed by atoms with Gasteiger partial charge in [0.25, 0.3) is 0 Å². The minimum atomic E-state index is -0.615. The fourth-order valence-electron chi connectivity index (χ4n) is 1.80. The van der Waals surface area contributed by atoms with E-state index in [0.29, 0.717) is 6.42 Å². The lowest BCUT2D eigenvalue weighted by Crippen LogP contribution is -2.41. The van der Waals surface area contributed by atoms with Crippen molar-refractivity contribution in [3.8, 4) is 0 Å². The zero-order chi connectivity index (χ0) is 14.4. The number of unbranched alkanes of at least 4 members (excludes halogenated alkanes) is 1. The van der Waals surface area contributed by atoms with E-state index in [1.54, 1.807) is 6.92 Å². The zero-order valence-corrected chi connectivity index (χ0v) is 11.2. The molecule has 106 valence electrons. The van der Waals surface area contributed by atoms with Crippen LogP contribution in [0.25, 0.3) is 0 Å². The molecule has 1 rings (SSSR count). The van der Waals surface area contributed by atoms with E-state index in [1.807, 2.05) is 6.92 Å². The van der Waals surface area contributed by atoms with E-state index in [0.717, 1.165) is 31.0 Å². The lowest BCUT2D eigenvalue weighted by Gasteiger charge is -2.18. The number of benzene rings is 1. The molecule has 0 aromatic heterocycles. The fraction of sp³-hybridized carbons (Fsp3) is 0.500. The SMILES string of the molecule is CCCC[C@H](N)C(=O)NC(C)c1cc(F)ccc1F. The van der Waals surface area contributed by atoms with E-state index in [2.05, 4.69) is 5.32 Å². The van der Waals surface area contributed by atoms with E-state index < -0.39 is 23.7 Å². The second-order valence-corrected chi connectivity index (χ2v) is 4.64. The second-order valence-electron chi connectivity index (χ2n) is 4.64. The maximum absolute atomic E-state index is 13.5. The van der Waals surface area contributed by atoms with E-state index in [-0.39, 0.29) is 11.5 Å². The average Bonchev–Trinajstić information content (AvgIpc) is 2.38. The minimum absolute atomic E-state index is 0.121. The molecule has 0 heterocycles. The van der Waals surface area contributed by atoms with Crippen molar-refractivity contribution in [2.24, 2.45) is 5.73 Å². The molecule has 0 radical (unpaired) electrons. The molecule has 2 atom stereocenters. The predicted molar refractivity (Wildman–Crippen MR) is 70.4 cm³/mol. The predicted octanol–water partition coefficient (Wildman–Crippen LogP) is 2.66. The van der Waals surface area contributed by atoms with Crippen LogP contribution >= 0.6 is 0 Å². The van der Waals surface area contributed by atoms with Crippen molar-refractivity contribution in [3.63, 3.8) is 0 Å². The third-order valence-electron chi connectivity index (χ3n) is 2.99. The van der Waals surface area contributed by atoms with Gasteiger partial charge in [-0.25, -0.2) is 8.78 Å². The molecule has 1 amide bonds. The molecule has 0 spiro atoms. The number of nitrogens with two attached hydrogens (primary N) is 1. The highest BCUT2D eigenvalue weighted by Gasteiger charge is 2.18. The molecular weight excluding hydrogens is 250 g/mol. The Kier molecular flexibility index (Phi) is 5.89. The Morgan fingerprint density at radius 3 is 2.74 bits per heavy atom. The summed E-state index contributed by atoms with van der Waals surface area (Å²) in [7, 11) is 0. The Balaban J connectivity index is 2.66. The molecule has 0 aliphatic rings. The van der Waals surface area contributed by atoms with Crippen molar-refractivity contribution in [2.75, 3.05) is 0 Å². The van der Waals surface area contributed by atoms with Gasteiger partial charge in [-0.2, -0.15) is 0 Å². The lowest BCUT2D eigenvalue weighted by molar-refractivity contribution is -0.123. The summed E-state index contributed by atoms with van der Waals surface area (Å²) < 4.78 is 26.6. The molecule has 1 unspecified atom stereocenters. The zero-order valence-electron chi connectivity index (χ0n) is 11.2. The van der Waals surface area contributed by atoms with Crippen molar-refractivity contribution >= 4 is 5.91 Å². The minimum Gasteiger partial charge on any atom is -0.348 e. The average molecular weight is 270 g/mol. The van der Waals surface area contributed by atoms with E-state index in [9.17, 15) is 13.6 Å². The molecule has 1 aromatic carbocycles. The van der Waals surface area contributed by atoms with Gasteiger partial charge in [0.1, 0.15) is 11.6 Å². The van der Waals surface area contributed by atoms with Crippen LogP contribution in [0.15, 0.2) is 18.2 Å². The standard InChI is InChI=1S/C14H20F2N2O/c1-3-4-5-13(17)14(19)18-9(2)11-8-10(15)6-7-12(11)16/h6-9,13H,3-5,17H2,1-2H3,(H,18,19)/t9?,13-/m0/s1. The fourth-order valence-corrected chi connectivity index (χ4v) is 1.80. The summed E-state index contributed by atoms with van der Waals surface area (Å²) in [6.45, 7) is 3.61. The van der Waals surface area contributed by atoms with Crippen LogP contribution in [-0.2, 0) is 4.79 Å². The highest BCUT2D eigenvalue weighted by molar-refractivity contribution is 5.81. The van der Waals surface area contributed by atoms with Gasteiger partial charge in [-0.3, -0.25) is 4.79 Å². The molecule has 0 fully saturated rings. The van der Waals surface area contributed by atoms with Gasteiger partial charge >= 0.3 is 0 Å². The normalized spacial score (nSPS) is 13.9. The Morgan fingerprint density at radius 2 is 2.11 bits per heavy atom. The Bertz CT molecular complexity index is 437. The first kappa shape index (κ1) is 15.6. The first-order chi connectivity index (χ1) is 8.95. The number of rotatable bonds is 6. The highest BCUT2D eigenvalue weighted by Crippen LogP contribution is 2.18. The van der Waals surface area contributed by atoms with Crippen molar-refractivity contribution in [2.45, 2.75) is 45.2 Å². The van der Waals surface area contributed by atoms with Crippen molar-refractivity contribution < 1.29 is 13.6 Å².